The van der Waals surface area contributed by atoms with Crippen molar-refractivity contribution in [2.24, 2.45) is 0 Å². The lowest BCUT2D eigenvalue weighted by atomic mass is 10.1. The second-order valence-electron chi connectivity index (χ2n) is 4.64. The Balaban J connectivity index is 2.20. The van der Waals surface area contributed by atoms with E-state index in [0.717, 1.165) is 39.0 Å². The van der Waals surface area contributed by atoms with Gasteiger partial charge in [0.05, 0.1) is 19.3 Å². The number of nitrogens with zero attached hydrogens (tertiary/aromatic N) is 1. The summed E-state index contributed by atoms with van der Waals surface area (Å²) < 4.78 is 10.6. The van der Waals surface area contributed by atoms with Crippen LogP contribution in [0.25, 0.3) is 0 Å². The Kier molecular flexibility index (Phi) is 7.96. The molecule has 1 amide bonds. The average Bonchev–Trinajstić information content (AvgIpc) is 2.41. The number of rotatable bonds is 8. The largest absolute Gasteiger partial charge is 0.383 e. The lowest BCUT2D eigenvalue weighted by molar-refractivity contribution is -0.134. The van der Waals surface area contributed by atoms with E-state index in [1.54, 1.807) is 7.11 Å². The van der Waals surface area contributed by atoms with Gasteiger partial charge in [-0.25, -0.2) is 0 Å². The normalized spacial score (nSPS) is 20.1. The van der Waals surface area contributed by atoms with Crippen LogP contribution in [0.15, 0.2) is 0 Å². The molecule has 1 unspecified atom stereocenters. The van der Waals surface area contributed by atoms with Crippen LogP contribution in [-0.2, 0) is 14.3 Å². The number of ether oxygens (including phenoxy) is 2. The molecule has 1 saturated heterocycles. The maximum absolute atomic E-state index is 11.9. The second kappa shape index (κ2) is 9.30. The first-order valence-electron chi connectivity index (χ1n) is 6.87. The Bertz CT molecular complexity index is 236. The van der Waals surface area contributed by atoms with Crippen LogP contribution in [0.5, 0.6) is 0 Å². The van der Waals surface area contributed by atoms with E-state index in [0.29, 0.717) is 19.7 Å². The standard InChI is InChI=1S/C13H26N2O3/c1-3-8-18-12-5-4-7-15(11-12)13(16)10-14-6-9-17-2/h12,14H,3-11H2,1-2H3. The van der Waals surface area contributed by atoms with Crippen molar-refractivity contribution in [1.82, 2.24) is 10.2 Å². The smallest absolute Gasteiger partial charge is 0.236 e. The minimum Gasteiger partial charge on any atom is -0.383 e. The predicted octanol–water partition coefficient (Wildman–Crippen LogP) is 0.640. The lowest BCUT2D eigenvalue weighted by Crippen LogP contribution is -2.46. The van der Waals surface area contributed by atoms with E-state index in [2.05, 4.69) is 12.2 Å². The number of carbonyl (C=O) groups is 1. The van der Waals surface area contributed by atoms with Crippen LogP contribution in [0.4, 0.5) is 0 Å². The van der Waals surface area contributed by atoms with E-state index in [-0.39, 0.29) is 12.0 Å². The van der Waals surface area contributed by atoms with E-state index in [9.17, 15) is 4.79 Å². The molecule has 1 atom stereocenters. The van der Waals surface area contributed by atoms with Crippen LogP contribution in [0, 0.1) is 0 Å². The quantitative estimate of drug-likeness (QED) is 0.649. The number of nitrogens with one attached hydrogen (secondary N) is 1. The van der Waals surface area contributed by atoms with Crippen molar-refractivity contribution in [3.05, 3.63) is 0 Å². The predicted molar refractivity (Wildman–Crippen MR) is 70.6 cm³/mol. The van der Waals surface area contributed by atoms with Gasteiger partial charge in [0, 0.05) is 33.4 Å². The summed E-state index contributed by atoms with van der Waals surface area (Å²) in [6.07, 6.45) is 3.36. The fourth-order valence-corrected chi connectivity index (χ4v) is 2.07. The van der Waals surface area contributed by atoms with Crippen LogP contribution in [-0.4, -0.2) is 63.4 Å². The molecule has 1 aliphatic rings. The third-order valence-electron chi connectivity index (χ3n) is 3.05. The Morgan fingerprint density at radius 3 is 3.00 bits per heavy atom. The fraction of sp³-hybridized carbons (Fsp3) is 0.923. The Labute approximate surface area is 110 Å². The fourth-order valence-electron chi connectivity index (χ4n) is 2.07. The molecule has 0 aromatic heterocycles. The van der Waals surface area contributed by atoms with Crippen molar-refractivity contribution in [3.8, 4) is 0 Å². The summed E-state index contributed by atoms with van der Waals surface area (Å²) in [5.41, 5.74) is 0. The maximum Gasteiger partial charge on any atom is 0.236 e. The average molecular weight is 258 g/mol. The molecule has 0 aliphatic carbocycles. The zero-order chi connectivity index (χ0) is 13.2. The van der Waals surface area contributed by atoms with E-state index in [4.69, 9.17) is 9.47 Å². The van der Waals surface area contributed by atoms with Crippen molar-refractivity contribution in [2.45, 2.75) is 32.3 Å². The molecule has 0 bridgehead atoms. The monoisotopic (exact) mass is 258 g/mol. The van der Waals surface area contributed by atoms with Crippen LogP contribution >= 0.6 is 0 Å². The summed E-state index contributed by atoms with van der Waals surface area (Å²) >= 11 is 0. The molecular formula is C13H26N2O3. The molecule has 0 aromatic rings. The van der Waals surface area contributed by atoms with Gasteiger partial charge in [0.15, 0.2) is 0 Å². The Morgan fingerprint density at radius 2 is 2.28 bits per heavy atom. The highest BCUT2D eigenvalue weighted by atomic mass is 16.5. The summed E-state index contributed by atoms with van der Waals surface area (Å²) in [5, 5.41) is 3.08. The highest BCUT2D eigenvalue weighted by Crippen LogP contribution is 2.13. The van der Waals surface area contributed by atoms with Gasteiger partial charge in [0.25, 0.3) is 0 Å². The van der Waals surface area contributed by atoms with Gasteiger partial charge >= 0.3 is 0 Å². The summed E-state index contributed by atoms with van der Waals surface area (Å²) in [6, 6.07) is 0. The van der Waals surface area contributed by atoms with Crippen LogP contribution in [0.1, 0.15) is 26.2 Å². The maximum atomic E-state index is 11.9. The van der Waals surface area contributed by atoms with E-state index < -0.39 is 0 Å². The van der Waals surface area contributed by atoms with E-state index in [1.165, 1.54) is 0 Å². The van der Waals surface area contributed by atoms with Gasteiger partial charge in [-0.2, -0.15) is 0 Å². The van der Waals surface area contributed by atoms with Crippen molar-refractivity contribution < 1.29 is 14.3 Å². The van der Waals surface area contributed by atoms with Crippen LogP contribution < -0.4 is 5.32 Å². The zero-order valence-electron chi connectivity index (χ0n) is 11.6. The van der Waals surface area contributed by atoms with Gasteiger partial charge in [-0.05, 0) is 19.3 Å². The zero-order valence-corrected chi connectivity index (χ0v) is 11.6. The molecule has 0 spiro atoms. The topological polar surface area (TPSA) is 50.8 Å². The first kappa shape index (κ1) is 15.4. The minimum atomic E-state index is 0.163. The number of amides is 1. The number of likely N-dealkylation sites (tertiary alicyclic amines) is 1. The highest BCUT2D eigenvalue weighted by Gasteiger charge is 2.23. The lowest BCUT2D eigenvalue weighted by Gasteiger charge is -2.32. The van der Waals surface area contributed by atoms with Crippen molar-refractivity contribution in [3.63, 3.8) is 0 Å². The summed E-state index contributed by atoms with van der Waals surface area (Å²) in [7, 11) is 1.66. The van der Waals surface area contributed by atoms with Gasteiger partial charge in [0.2, 0.25) is 5.91 Å². The molecule has 1 rings (SSSR count). The molecular weight excluding hydrogens is 232 g/mol. The van der Waals surface area contributed by atoms with Crippen molar-refractivity contribution in [1.29, 1.82) is 0 Å². The number of carbonyl (C=O) groups excluding carboxylic acids is 1. The molecule has 0 aromatic carbocycles. The summed E-state index contributed by atoms with van der Waals surface area (Å²) in [6.45, 7) is 6.23. The molecule has 5 nitrogen and oxygen atoms in total. The first-order chi connectivity index (χ1) is 8.77. The van der Waals surface area contributed by atoms with E-state index in [1.807, 2.05) is 4.90 Å². The molecule has 1 N–H and O–H groups in total. The van der Waals surface area contributed by atoms with Crippen molar-refractivity contribution >= 4 is 5.91 Å². The van der Waals surface area contributed by atoms with E-state index >= 15 is 0 Å². The third kappa shape index (κ3) is 5.80. The number of hydrogen-bond donors (Lipinski definition) is 1. The van der Waals surface area contributed by atoms with Gasteiger partial charge in [-0.15, -0.1) is 0 Å². The minimum absolute atomic E-state index is 0.163. The molecule has 106 valence electrons. The molecule has 1 fully saturated rings. The highest BCUT2D eigenvalue weighted by molar-refractivity contribution is 5.78. The van der Waals surface area contributed by atoms with Crippen molar-refractivity contribution in [2.75, 3.05) is 46.5 Å². The first-order valence-corrected chi connectivity index (χ1v) is 6.87. The van der Waals surface area contributed by atoms with Gasteiger partial charge in [-0.3, -0.25) is 4.79 Å². The molecule has 18 heavy (non-hydrogen) atoms. The number of methoxy groups -OCH3 is 1. The van der Waals surface area contributed by atoms with Gasteiger partial charge < -0.3 is 19.7 Å². The molecule has 5 heteroatoms. The summed E-state index contributed by atoms with van der Waals surface area (Å²) in [5.74, 6) is 0.163. The number of hydrogen-bond acceptors (Lipinski definition) is 4. The molecule has 0 radical (unpaired) electrons. The number of piperidine rings is 1. The van der Waals surface area contributed by atoms with Gasteiger partial charge in [-0.1, -0.05) is 6.92 Å². The Morgan fingerprint density at radius 1 is 1.44 bits per heavy atom. The van der Waals surface area contributed by atoms with Crippen LogP contribution in [0.3, 0.4) is 0 Å². The third-order valence-corrected chi connectivity index (χ3v) is 3.05. The van der Waals surface area contributed by atoms with Crippen LogP contribution in [0.2, 0.25) is 0 Å². The second-order valence-corrected chi connectivity index (χ2v) is 4.64. The Hall–Kier alpha value is -0.650. The summed E-state index contributed by atoms with van der Waals surface area (Å²) in [4.78, 5) is 13.9. The SMILES string of the molecule is CCCOC1CCCN(C(=O)CNCCOC)C1. The molecule has 1 aliphatic heterocycles. The molecule has 0 saturated carbocycles. The molecule has 1 heterocycles. The van der Waals surface area contributed by atoms with Gasteiger partial charge in [0.1, 0.15) is 0 Å².